The summed E-state index contributed by atoms with van der Waals surface area (Å²) in [5.41, 5.74) is 5.20. The molecule has 2 saturated carbocycles. The van der Waals surface area contributed by atoms with Crippen LogP contribution < -0.4 is 11.1 Å². The molecular formula is C11H18N2O2. The second-order valence-corrected chi connectivity index (χ2v) is 5.02. The number of carbonyl (C=O) groups is 2. The Balaban J connectivity index is 1.90. The first-order valence-corrected chi connectivity index (χ1v) is 5.62. The Morgan fingerprint density at radius 3 is 2.73 bits per heavy atom. The van der Waals surface area contributed by atoms with E-state index in [4.69, 9.17) is 5.73 Å². The molecule has 84 valence electrons. The van der Waals surface area contributed by atoms with Gasteiger partial charge in [-0.1, -0.05) is 19.8 Å². The maximum absolute atomic E-state index is 11.8. The van der Waals surface area contributed by atoms with Gasteiger partial charge in [0.15, 0.2) is 0 Å². The normalized spacial score (nSPS) is 37.9. The zero-order valence-electron chi connectivity index (χ0n) is 9.08. The molecule has 0 aromatic heterocycles. The van der Waals surface area contributed by atoms with Gasteiger partial charge < -0.3 is 11.1 Å². The Hall–Kier alpha value is -1.06. The van der Waals surface area contributed by atoms with E-state index in [-0.39, 0.29) is 23.8 Å². The SMILES string of the molecule is CC12CCCCC1C2C(=O)NCC(N)=O. The third-order valence-electron chi connectivity index (χ3n) is 4.05. The highest BCUT2D eigenvalue weighted by Gasteiger charge is 2.64. The molecule has 0 spiro atoms. The molecule has 2 fully saturated rings. The number of hydrogen-bond donors (Lipinski definition) is 2. The molecule has 0 radical (unpaired) electrons. The Morgan fingerprint density at radius 2 is 2.20 bits per heavy atom. The van der Waals surface area contributed by atoms with Crippen LogP contribution in [0.1, 0.15) is 32.6 Å². The molecular weight excluding hydrogens is 192 g/mol. The summed E-state index contributed by atoms with van der Waals surface area (Å²) in [6, 6.07) is 0. The van der Waals surface area contributed by atoms with Crippen LogP contribution in [-0.4, -0.2) is 18.4 Å². The molecule has 2 aliphatic rings. The van der Waals surface area contributed by atoms with Crippen LogP contribution >= 0.6 is 0 Å². The van der Waals surface area contributed by atoms with Gasteiger partial charge in [0.1, 0.15) is 0 Å². The summed E-state index contributed by atoms with van der Waals surface area (Å²) >= 11 is 0. The Kier molecular flexibility index (Phi) is 2.44. The van der Waals surface area contributed by atoms with Crippen molar-refractivity contribution in [3.8, 4) is 0 Å². The van der Waals surface area contributed by atoms with Crippen LogP contribution in [0.25, 0.3) is 0 Å². The highest BCUT2D eigenvalue weighted by Crippen LogP contribution is 2.66. The summed E-state index contributed by atoms with van der Waals surface area (Å²) in [6.45, 7) is 2.16. The van der Waals surface area contributed by atoms with Crippen molar-refractivity contribution >= 4 is 11.8 Å². The van der Waals surface area contributed by atoms with Gasteiger partial charge >= 0.3 is 0 Å². The van der Waals surface area contributed by atoms with Crippen LogP contribution in [0.3, 0.4) is 0 Å². The second-order valence-electron chi connectivity index (χ2n) is 5.02. The lowest BCUT2D eigenvalue weighted by atomic mass is 9.90. The number of fused-ring (bicyclic) bond motifs is 1. The van der Waals surface area contributed by atoms with Crippen molar-refractivity contribution in [3.05, 3.63) is 0 Å². The second kappa shape index (κ2) is 3.51. The van der Waals surface area contributed by atoms with E-state index in [1.807, 2.05) is 0 Å². The van der Waals surface area contributed by atoms with Crippen molar-refractivity contribution < 1.29 is 9.59 Å². The third kappa shape index (κ3) is 1.73. The lowest BCUT2D eigenvalue weighted by Gasteiger charge is -2.15. The molecule has 0 aliphatic heterocycles. The fraction of sp³-hybridized carbons (Fsp3) is 0.818. The van der Waals surface area contributed by atoms with Gasteiger partial charge in [-0.3, -0.25) is 9.59 Å². The molecule has 0 heterocycles. The maximum Gasteiger partial charge on any atom is 0.236 e. The smallest absolute Gasteiger partial charge is 0.236 e. The van der Waals surface area contributed by atoms with Crippen molar-refractivity contribution in [3.63, 3.8) is 0 Å². The summed E-state index contributed by atoms with van der Waals surface area (Å²) in [4.78, 5) is 22.3. The van der Waals surface area contributed by atoms with Gasteiger partial charge in [-0.15, -0.1) is 0 Å². The van der Waals surface area contributed by atoms with Crippen LogP contribution in [0.5, 0.6) is 0 Å². The molecule has 3 N–H and O–H groups in total. The molecule has 3 atom stereocenters. The largest absolute Gasteiger partial charge is 0.368 e. The molecule has 2 aliphatic carbocycles. The Morgan fingerprint density at radius 1 is 1.47 bits per heavy atom. The van der Waals surface area contributed by atoms with Crippen LogP contribution in [0.2, 0.25) is 0 Å². The fourth-order valence-corrected chi connectivity index (χ4v) is 3.13. The number of rotatable bonds is 3. The molecule has 2 amide bonds. The van der Waals surface area contributed by atoms with Crippen molar-refractivity contribution in [2.24, 2.45) is 23.0 Å². The Bertz CT molecular complexity index is 303. The summed E-state index contributed by atoms with van der Waals surface area (Å²) in [6.07, 6.45) is 4.77. The molecule has 0 bridgehead atoms. The minimum Gasteiger partial charge on any atom is -0.368 e. The average Bonchev–Trinajstić information content (AvgIpc) is 2.80. The quantitative estimate of drug-likeness (QED) is 0.708. The molecule has 15 heavy (non-hydrogen) atoms. The van der Waals surface area contributed by atoms with Gasteiger partial charge in [0.2, 0.25) is 11.8 Å². The predicted octanol–water partition coefficient (Wildman–Crippen LogP) is 0.414. The summed E-state index contributed by atoms with van der Waals surface area (Å²) < 4.78 is 0. The number of hydrogen-bond acceptors (Lipinski definition) is 2. The van der Waals surface area contributed by atoms with E-state index >= 15 is 0 Å². The first-order valence-electron chi connectivity index (χ1n) is 5.62. The van der Waals surface area contributed by atoms with Crippen LogP contribution in [0.15, 0.2) is 0 Å². The van der Waals surface area contributed by atoms with E-state index in [1.165, 1.54) is 12.8 Å². The lowest BCUT2D eigenvalue weighted by Crippen LogP contribution is -2.35. The minimum atomic E-state index is -0.475. The van der Waals surface area contributed by atoms with Gasteiger partial charge in [-0.05, 0) is 24.2 Å². The number of primary amides is 1. The zero-order valence-corrected chi connectivity index (χ0v) is 9.08. The van der Waals surface area contributed by atoms with Crippen molar-refractivity contribution in [1.82, 2.24) is 5.32 Å². The molecule has 4 nitrogen and oxygen atoms in total. The van der Waals surface area contributed by atoms with E-state index in [0.717, 1.165) is 12.8 Å². The number of amides is 2. The van der Waals surface area contributed by atoms with Crippen molar-refractivity contribution in [2.45, 2.75) is 32.6 Å². The molecule has 2 rings (SSSR count). The van der Waals surface area contributed by atoms with Crippen LogP contribution in [-0.2, 0) is 9.59 Å². The maximum atomic E-state index is 11.8. The van der Waals surface area contributed by atoms with Gasteiger partial charge in [0, 0.05) is 5.92 Å². The topological polar surface area (TPSA) is 72.2 Å². The summed E-state index contributed by atoms with van der Waals surface area (Å²) in [5, 5.41) is 2.61. The predicted molar refractivity (Wildman–Crippen MR) is 55.8 cm³/mol. The standard InChI is InChI=1S/C11H18N2O2/c1-11-5-3-2-4-7(11)9(11)10(15)13-6-8(12)14/h7,9H,2-6H2,1H3,(H2,12,14)(H,13,15). The first-order chi connectivity index (χ1) is 7.05. The highest BCUT2D eigenvalue weighted by molar-refractivity contribution is 5.87. The molecule has 3 unspecified atom stereocenters. The molecule has 0 aromatic carbocycles. The van der Waals surface area contributed by atoms with Crippen LogP contribution in [0.4, 0.5) is 0 Å². The summed E-state index contributed by atoms with van der Waals surface area (Å²) in [5.74, 6) is 0.207. The van der Waals surface area contributed by atoms with E-state index in [9.17, 15) is 9.59 Å². The monoisotopic (exact) mass is 210 g/mol. The first kappa shape index (κ1) is 10.5. The zero-order chi connectivity index (χ0) is 11.1. The number of carbonyl (C=O) groups excluding carboxylic acids is 2. The molecule has 4 heteroatoms. The van der Waals surface area contributed by atoms with Gasteiger partial charge in [-0.2, -0.15) is 0 Å². The summed E-state index contributed by atoms with van der Waals surface area (Å²) in [7, 11) is 0. The molecule has 0 aromatic rings. The average molecular weight is 210 g/mol. The van der Waals surface area contributed by atoms with Gasteiger partial charge in [-0.25, -0.2) is 0 Å². The minimum absolute atomic E-state index is 0.0169. The van der Waals surface area contributed by atoms with E-state index in [1.54, 1.807) is 0 Å². The van der Waals surface area contributed by atoms with Crippen molar-refractivity contribution in [2.75, 3.05) is 6.54 Å². The van der Waals surface area contributed by atoms with E-state index in [2.05, 4.69) is 12.2 Å². The van der Waals surface area contributed by atoms with Gasteiger partial charge in [0.05, 0.1) is 6.54 Å². The van der Waals surface area contributed by atoms with Crippen LogP contribution in [0, 0.1) is 17.3 Å². The fourth-order valence-electron chi connectivity index (χ4n) is 3.13. The lowest BCUT2D eigenvalue weighted by molar-refractivity contribution is -0.126. The van der Waals surface area contributed by atoms with Gasteiger partial charge in [0.25, 0.3) is 0 Å². The van der Waals surface area contributed by atoms with Crippen molar-refractivity contribution in [1.29, 1.82) is 0 Å². The van der Waals surface area contributed by atoms with E-state index in [0.29, 0.717) is 5.92 Å². The number of nitrogens with one attached hydrogen (secondary N) is 1. The third-order valence-corrected chi connectivity index (χ3v) is 4.05. The Labute approximate surface area is 89.6 Å². The number of nitrogens with two attached hydrogens (primary N) is 1. The highest BCUT2D eigenvalue weighted by atomic mass is 16.2. The molecule has 0 saturated heterocycles. The van der Waals surface area contributed by atoms with E-state index < -0.39 is 5.91 Å².